The number of aromatic nitrogens is 4. The van der Waals surface area contributed by atoms with Gasteiger partial charge in [-0.2, -0.15) is 0 Å². The number of urea groups is 1. The molecule has 10 heteroatoms. The molecule has 3 N–H and O–H groups in total. The molecule has 30 heavy (non-hydrogen) atoms. The minimum atomic E-state index is -0.497. The highest BCUT2D eigenvalue weighted by molar-refractivity contribution is 7.99. The number of thioether (sulfide) groups is 1. The van der Waals surface area contributed by atoms with E-state index in [1.165, 1.54) is 11.8 Å². The van der Waals surface area contributed by atoms with Crippen molar-refractivity contribution in [3.8, 4) is 11.4 Å². The summed E-state index contributed by atoms with van der Waals surface area (Å²) in [5.41, 5.74) is 1.98. The first-order chi connectivity index (χ1) is 14.7. The molecular formula is C20H24N6O3S. The monoisotopic (exact) mass is 428 g/mol. The minimum Gasteiger partial charge on any atom is -0.376 e. The number of nitrogens with one attached hydrogen (secondary N) is 3. The fourth-order valence-corrected chi connectivity index (χ4v) is 4.25. The number of benzene rings is 1. The number of rotatable bonds is 7. The van der Waals surface area contributed by atoms with Gasteiger partial charge in [-0.15, -0.1) is 10.2 Å². The Bertz CT molecular complexity index is 1040. The maximum absolute atomic E-state index is 12.1. The smallest absolute Gasteiger partial charge is 0.321 e. The van der Waals surface area contributed by atoms with Crippen LogP contribution in [0, 0.1) is 0 Å². The number of para-hydroxylation sites is 1. The van der Waals surface area contributed by atoms with Crippen molar-refractivity contribution in [1.82, 2.24) is 30.4 Å². The van der Waals surface area contributed by atoms with Crippen molar-refractivity contribution < 1.29 is 14.3 Å². The molecule has 0 saturated carbocycles. The molecular weight excluding hydrogens is 404 g/mol. The molecule has 2 aromatic heterocycles. The second kappa shape index (κ2) is 9.31. The molecule has 3 heterocycles. The lowest BCUT2D eigenvalue weighted by molar-refractivity contribution is -0.117. The van der Waals surface area contributed by atoms with Crippen molar-refractivity contribution in [3.63, 3.8) is 0 Å². The van der Waals surface area contributed by atoms with Gasteiger partial charge < -0.3 is 15.0 Å². The van der Waals surface area contributed by atoms with Crippen molar-refractivity contribution >= 4 is 34.6 Å². The van der Waals surface area contributed by atoms with E-state index in [9.17, 15) is 9.59 Å². The summed E-state index contributed by atoms with van der Waals surface area (Å²) in [6.45, 7) is 3.61. The summed E-state index contributed by atoms with van der Waals surface area (Å²) >= 11 is 1.25. The van der Waals surface area contributed by atoms with Crippen LogP contribution in [0.3, 0.4) is 0 Å². The van der Waals surface area contributed by atoms with Gasteiger partial charge in [-0.25, -0.2) is 4.79 Å². The molecule has 1 atom stereocenters. The number of hydrogen-bond donors (Lipinski definition) is 3. The topological polar surface area (TPSA) is 114 Å². The second-order valence-electron chi connectivity index (χ2n) is 7.00. The highest BCUT2D eigenvalue weighted by atomic mass is 32.2. The lowest BCUT2D eigenvalue weighted by Gasteiger charge is -2.14. The molecule has 0 bridgehead atoms. The molecule has 1 aromatic carbocycles. The quantitative estimate of drug-likeness (QED) is 0.499. The van der Waals surface area contributed by atoms with E-state index in [0.717, 1.165) is 41.7 Å². The maximum Gasteiger partial charge on any atom is 0.321 e. The van der Waals surface area contributed by atoms with Crippen LogP contribution in [0.15, 0.2) is 35.6 Å². The summed E-state index contributed by atoms with van der Waals surface area (Å²) in [7, 11) is 0. The van der Waals surface area contributed by atoms with Crippen LogP contribution >= 0.6 is 11.8 Å². The molecule has 1 fully saturated rings. The fourth-order valence-electron chi connectivity index (χ4n) is 3.51. The first kappa shape index (κ1) is 20.4. The predicted molar refractivity (Wildman–Crippen MR) is 114 cm³/mol. The molecule has 1 aliphatic heterocycles. The van der Waals surface area contributed by atoms with Gasteiger partial charge in [-0.1, -0.05) is 30.0 Å². The largest absolute Gasteiger partial charge is 0.376 e. The normalized spacial score (nSPS) is 16.1. The number of ether oxygens (including phenoxy) is 1. The first-order valence-corrected chi connectivity index (χ1v) is 11.0. The van der Waals surface area contributed by atoms with Crippen molar-refractivity contribution in [2.45, 2.75) is 37.6 Å². The number of H-pyrrole nitrogens is 1. The minimum absolute atomic E-state index is 0.0642. The van der Waals surface area contributed by atoms with Crippen molar-refractivity contribution in [2.24, 2.45) is 0 Å². The number of carbonyl (C=O) groups excluding carboxylic acids is 2. The van der Waals surface area contributed by atoms with Gasteiger partial charge in [0.15, 0.2) is 11.0 Å². The van der Waals surface area contributed by atoms with Crippen LogP contribution in [-0.4, -0.2) is 56.7 Å². The van der Waals surface area contributed by atoms with Crippen LogP contribution in [0.5, 0.6) is 0 Å². The van der Waals surface area contributed by atoms with Gasteiger partial charge in [0.2, 0.25) is 5.91 Å². The van der Waals surface area contributed by atoms with Gasteiger partial charge in [0.25, 0.3) is 0 Å². The zero-order chi connectivity index (χ0) is 20.9. The third-order valence-corrected chi connectivity index (χ3v) is 5.85. The average molecular weight is 429 g/mol. The molecule has 3 aromatic rings. The number of imide groups is 1. The van der Waals surface area contributed by atoms with Gasteiger partial charge in [-0.05, 0) is 25.8 Å². The van der Waals surface area contributed by atoms with E-state index in [4.69, 9.17) is 4.74 Å². The van der Waals surface area contributed by atoms with Crippen LogP contribution in [0.25, 0.3) is 22.3 Å². The Kier molecular flexibility index (Phi) is 6.34. The Hall–Kier alpha value is -2.85. The Balaban J connectivity index is 1.57. The van der Waals surface area contributed by atoms with Gasteiger partial charge in [-0.3, -0.25) is 14.7 Å². The number of nitrogens with zero attached hydrogens (tertiary/aromatic N) is 3. The van der Waals surface area contributed by atoms with Crippen molar-refractivity contribution in [1.29, 1.82) is 0 Å². The summed E-state index contributed by atoms with van der Waals surface area (Å²) in [6.07, 6.45) is 4.03. The zero-order valence-electron chi connectivity index (χ0n) is 16.7. The number of aromatic amines is 1. The molecule has 0 radical (unpaired) electrons. The van der Waals surface area contributed by atoms with E-state index in [0.29, 0.717) is 18.2 Å². The van der Waals surface area contributed by atoms with E-state index >= 15 is 0 Å². The van der Waals surface area contributed by atoms with E-state index in [2.05, 4.69) is 25.8 Å². The maximum atomic E-state index is 12.1. The number of fused-ring (bicyclic) bond motifs is 1. The van der Waals surface area contributed by atoms with E-state index < -0.39 is 6.03 Å². The molecule has 1 aliphatic rings. The third kappa shape index (κ3) is 4.49. The summed E-state index contributed by atoms with van der Waals surface area (Å²) in [5.74, 6) is 0.412. The molecule has 4 rings (SSSR count). The first-order valence-electron chi connectivity index (χ1n) is 9.97. The lowest BCUT2D eigenvalue weighted by Crippen LogP contribution is -2.40. The Morgan fingerprint density at radius 3 is 3.00 bits per heavy atom. The van der Waals surface area contributed by atoms with Gasteiger partial charge in [0, 0.05) is 35.8 Å². The van der Waals surface area contributed by atoms with E-state index in [-0.39, 0.29) is 17.8 Å². The molecule has 158 valence electrons. The molecule has 1 saturated heterocycles. The molecule has 1 unspecified atom stereocenters. The highest BCUT2D eigenvalue weighted by Gasteiger charge is 2.23. The zero-order valence-corrected chi connectivity index (χ0v) is 17.5. The van der Waals surface area contributed by atoms with Crippen molar-refractivity contribution in [2.75, 3.05) is 18.9 Å². The second-order valence-corrected chi connectivity index (χ2v) is 7.94. The summed E-state index contributed by atoms with van der Waals surface area (Å²) in [5, 5.41) is 15.3. The number of hydrogen-bond acceptors (Lipinski definition) is 6. The Labute approximate surface area is 178 Å². The van der Waals surface area contributed by atoms with Crippen LogP contribution in [-0.2, 0) is 16.1 Å². The van der Waals surface area contributed by atoms with Gasteiger partial charge >= 0.3 is 6.03 Å². The molecule has 3 amide bonds. The summed E-state index contributed by atoms with van der Waals surface area (Å²) in [6, 6.07) is 7.53. The lowest BCUT2D eigenvalue weighted by atomic mass is 10.1. The van der Waals surface area contributed by atoms with E-state index in [1.54, 1.807) is 6.92 Å². The summed E-state index contributed by atoms with van der Waals surface area (Å²) < 4.78 is 7.83. The van der Waals surface area contributed by atoms with Crippen LogP contribution < -0.4 is 10.6 Å². The Morgan fingerprint density at radius 2 is 2.20 bits per heavy atom. The third-order valence-electron chi connectivity index (χ3n) is 4.88. The molecule has 0 aliphatic carbocycles. The van der Waals surface area contributed by atoms with Crippen LogP contribution in [0.1, 0.15) is 19.8 Å². The number of carbonyl (C=O) groups is 2. The van der Waals surface area contributed by atoms with Crippen LogP contribution in [0.2, 0.25) is 0 Å². The van der Waals surface area contributed by atoms with Gasteiger partial charge in [0.1, 0.15) is 0 Å². The molecule has 0 spiro atoms. The summed E-state index contributed by atoms with van der Waals surface area (Å²) in [4.78, 5) is 26.9. The molecule has 9 nitrogen and oxygen atoms in total. The number of amides is 3. The van der Waals surface area contributed by atoms with E-state index in [1.807, 2.05) is 35.0 Å². The highest BCUT2D eigenvalue weighted by Crippen LogP contribution is 2.31. The predicted octanol–water partition coefficient (Wildman–Crippen LogP) is 2.54. The average Bonchev–Trinajstić information content (AvgIpc) is 3.47. The van der Waals surface area contributed by atoms with Crippen molar-refractivity contribution in [3.05, 3.63) is 30.5 Å². The van der Waals surface area contributed by atoms with Gasteiger partial charge in [0.05, 0.1) is 18.4 Å². The SMILES string of the molecule is CCNC(=O)NC(=O)CSc1nnc(-c2c[nH]c3ccccc23)n1CC1CCCO1. The Morgan fingerprint density at radius 1 is 1.33 bits per heavy atom. The standard InChI is InChI=1S/C20H24N6O3S/c1-2-21-19(28)23-17(27)12-30-20-25-24-18(26(20)11-13-6-5-9-29-13)15-10-22-16-8-4-3-7-14(15)16/h3-4,7-8,10,13,22H,2,5-6,9,11-12H2,1H3,(H2,21,23,27,28). The van der Waals surface area contributed by atoms with Crippen LogP contribution in [0.4, 0.5) is 4.79 Å². The fraction of sp³-hybridized carbons (Fsp3) is 0.400.